The standard InChI is InChI=1S/C12H17FO3/c1-9(7-15-2)16-8-12(14)10-5-3-4-6-11(10)13/h3-6,9,12,14H,7-8H2,1-2H3. The maximum atomic E-state index is 13.3. The molecule has 0 spiro atoms. The summed E-state index contributed by atoms with van der Waals surface area (Å²) in [4.78, 5) is 0. The summed E-state index contributed by atoms with van der Waals surface area (Å²) in [5.74, 6) is -0.419. The van der Waals surface area contributed by atoms with Gasteiger partial charge in [-0.05, 0) is 13.0 Å². The summed E-state index contributed by atoms with van der Waals surface area (Å²) in [5.41, 5.74) is 0.257. The summed E-state index contributed by atoms with van der Waals surface area (Å²) in [6.45, 7) is 2.34. The summed E-state index contributed by atoms with van der Waals surface area (Å²) in [6, 6.07) is 6.13. The lowest BCUT2D eigenvalue weighted by atomic mass is 10.1. The average Bonchev–Trinajstić information content (AvgIpc) is 2.27. The molecule has 4 heteroatoms. The summed E-state index contributed by atoms with van der Waals surface area (Å²) in [5, 5.41) is 9.71. The van der Waals surface area contributed by atoms with E-state index in [1.54, 1.807) is 25.3 Å². The van der Waals surface area contributed by atoms with Crippen molar-refractivity contribution in [1.29, 1.82) is 0 Å². The third-order valence-electron chi connectivity index (χ3n) is 2.20. The molecule has 2 unspecified atom stereocenters. The van der Waals surface area contributed by atoms with Crippen molar-refractivity contribution in [3.63, 3.8) is 0 Å². The summed E-state index contributed by atoms with van der Waals surface area (Å²) < 4.78 is 23.5. The normalized spacial score (nSPS) is 14.8. The van der Waals surface area contributed by atoms with Crippen LogP contribution in [0.2, 0.25) is 0 Å². The molecule has 90 valence electrons. The second kappa shape index (κ2) is 6.58. The topological polar surface area (TPSA) is 38.7 Å². The zero-order valence-electron chi connectivity index (χ0n) is 9.52. The number of halogens is 1. The molecule has 1 aromatic rings. The minimum absolute atomic E-state index is 0.0610. The van der Waals surface area contributed by atoms with Crippen LogP contribution in [-0.4, -0.2) is 31.5 Å². The van der Waals surface area contributed by atoms with Gasteiger partial charge < -0.3 is 14.6 Å². The first kappa shape index (κ1) is 13.1. The fourth-order valence-electron chi connectivity index (χ4n) is 1.37. The molecule has 0 aliphatic heterocycles. The van der Waals surface area contributed by atoms with E-state index >= 15 is 0 Å². The van der Waals surface area contributed by atoms with Crippen molar-refractivity contribution in [2.75, 3.05) is 20.3 Å². The Morgan fingerprint density at radius 3 is 2.62 bits per heavy atom. The molecule has 0 saturated carbocycles. The van der Waals surface area contributed by atoms with Crippen molar-refractivity contribution in [2.24, 2.45) is 0 Å². The Kier molecular flexibility index (Phi) is 5.38. The van der Waals surface area contributed by atoms with Crippen LogP contribution in [0.3, 0.4) is 0 Å². The lowest BCUT2D eigenvalue weighted by molar-refractivity contribution is -0.0333. The van der Waals surface area contributed by atoms with Crippen LogP contribution in [-0.2, 0) is 9.47 Å². The molecule has 0 aliphatic rings. The van der Waals surface area contributed by atoms with Gasteiger partial charge in [0, 0.05) is 12.7 Å². The quantitative estimate of drug-likeness (QED) is 0.808. The number of aliphatic hydroxyl groups is 1. The monoisotopic (exact) mass is 228 g/mol. The van der Waals surface area contributed by atoms with Gasteiger partial charge in [0.2, 0.25) is 0 Å². The van der Waals surface area contributed by atoms with E-state index in [0.717, 1.165) is 0 Å². The maximum Gasteiger partial charge on any atom is 0.129 e. The minimum Gasteiger partial charge on any atom is -0.386 e. The van der Waals surface area contributed by atoms with Crippen molar-refractivity contribution >= 4 is 0 Å². The first-order chi connectivity index (χ1) is 7.65. The first-order valence-corrected chi connectivity index (χ1v) is 5.18. The molecular weight excluding hydrogens is 211 g/mol. The van der Waals surface area contributed by atoms with Gasteiger partial charge in [0.15, 0.2) is 0 Å². The molecule has 2 atom stereocenters. The van der Waals surface area contributed by atoms with Crippen molar-refractivity contribution in [3.05, 3.63) is 35.6 Å². The van der Waals surface area contributed by atoms with Crippen LogP contribution in [0.15, 0.2) is 24.3 Å². The number of rotatable bonds is 6. The molecule has 1 N–H and O–H groups in total. The van der Waals surface area contributed by atoms with Crippen molar-refractivity contribution in [3.8, 4) is 0 Å². The van der Waals surface area contributed by atoms with E-state index in [9.17, 15) is 9.50 Å². The van der Waals surface area contributed by atoms with E-state index < -0.39 is 11.9 Å². The fraction of sp³-hybridized carbons (Fsp3) is 0.500. The molecule has 0 heterocycles. The number of ether oxygens (including phenoxy) is 2. The predicted octanol–water partition coefficient (Wildman–Crippen LogP) is 1.91. The number of methoxy groups -OCH3 is 1. The molecule has 0 fully saturated rings. The highest BCUT2D eigenvalue weighted by Gasteiger charge is 2.13. The summed E-state index contributed by atoms with van der Waals surface area (Å²) >= 11 is 0. The Hall–Kier alpha value is -0.970. The Balaban J connectivity index is 2.46. The van der Waals surface area contributed by atoms with Gasteiger partial charge >= 0.3 is 0 Å². The van der Waals surface area contributed by atoms with Gasteiger partial charge in [-0.25, -0.2) is 4.39 Å². The SMILES string of the molecule is COCC(C)OCC(O)c1ccccc1F. The van der Waals surface area contributed by atoms with Gasteiger partial charge in [-0.1, -0.05) is 18.2 Å². The van der Waals surface area contributed by atoms with Gasteiger partial charge in [0.25, 0.3) is 0 Å². The van der Waals surface area contributed by atoms with Crippen molar-refractivity contribution in [2.45, 2.75) is 19.1 Å². The fourth-order valence-corrected chi connectivity index (χ4v) is 1.37. The van der Waals surface area contributed by atoms with Crippen LogP contribution in [0.4, 0.5) is 4.39 Å². The van der Waals surface area contributed by atoms with Crippen LogP contribution in [0.1, 0.15) is 18.6 Å². The number of benzene rings is 1. The Labute approximate surface area is 94.8 Å². The molecule has 1 rings (SSSR count). The lowest BCUT2D eigenvalue weighted by Gasteiger charge is -2.16. The van der Waals surface area contributed by atoms with Crippen LogP contribution >= 0.6 is 0 Å². The molecule has 0 radical (unpaired) electrons. The van der Waals surface area contributed by atoms with Crippen molar-refractivity contribution < 1.29 is 19.0 Å². The molecule has 0 amide bonds. The Bertz CT molecular complexity index is 317. The Morgan fingerprint density at radius 1 is 1.31 bits per heavy atom. The van der Waals surface area contributed by atoms with Gasteiger partial charge in [-0.2, -0.15) is 0 Å². The highest BCUT2D eigenvalue weighted by molar-refractivity contribution is 5.19. The van der Waals surface area contributed by atoms with Gasteiger partial charge in [-0.3, -0.25) is 0 Å². The molecule has 0 bridgehead atoms. The third kappa shape index (κ3) is 3.89. The van der Waals surface area contributed by atoms with E-state index in [1.165, 1.54) is 6.07 Å². The van der Waals surface area contributed by atoms with E-state index in [4.69, 9.17) is 9.47 Å². The van der Waals surface area contributed by atoms with Crippen molar-refractivity contribution in [1.82, 2.24) is 0 Å². The zero-order chi connectivity index (χ0) is 12.0. The number of hydrogen-bond donors (Lipinski definition) is 1. The average molecular weight is 228 g/mol. The first-order valence-electron chi connectivity index (χ1n) is 5.18. The van der Waals surface area contributed by atoms with E-state index in [1.807, 2.05) is 6.92 Å². The third-order valence-corrected chi connectivity index (χ3v) is 2.20. The zero-order valence-corrected chi connectivity index (χ0v) is 9.52. The minimum atomic E-state index is -0.944. The molecule has 3 nitrogen and oxygen atoms in total. The maximum absolute atomic E-state index is 13.3. The lowest BCUT2D eigenvalue weighted by Crippen LogP contribution is -2.19. The molecular formula is C12H17FO3. The molecule has 1 aromatic carbocycles. The van der Waals surface area contributed by atoms with Crippen LogP contribution in [0, 0.1) is 5.82 Å². The molecule has 0 aliphatic carbocycles. The summed E-state index contributed by atoms with van der Waals surface area (Å²) in [7, 11) is 1.58. The van der Waals surface area contributed by atoms with Crippen LogP contribution < -0.4 is 0 Å². The van der Waals surface area contributed by atoms with E-state index in [2.05, 4.69) is 0 Å². The van der Waals surface area contributed by atoms with Gasteiger partial charge in [0.1, 0.15) is 11.9 Å². The number of hydrogen-bond acceptors (Lipinski definition) is 3. The Morgan fingerprint density at radius 2 is 2.00 bits per heavy atom. The summed E-state index contributed by atoms with van der Waals surface area (Å²) in [6.07, 6.45) is -1.06. The van der Waals surface area contributed by atoms with E-state index in [0.29, 0.717) is 6.61 Å². The van der Waals surface area contributed by atoms with E-state index in [-0.39, 0.29) is 18.3 Å². The largest absolute Gasteiger partial charge is 0.386 e. The molecule has 0 saturated heterocycles. The second-order valence-electron chi connectivity index (χ2n) is 3.64. The van der Waals surface area contributed by atoms with Crippen LogP contribution in [0.25, 0.3) is 0 Å². The van der Waals surface area contributed by atoms with Gasteiger partial charge in [0.05, 0.1) is 19.3 Å². The molecule has 16 heavy (non-hydrogen) atoms. The highest BCUT2D eigenvalue weighted by Crippen LogP contribution is 2.17. The van der Waals surface area contributed by atoms with Gasteiger partial charge in [-0.15, -0.1) is 0 Å². The van der Waals surface area contributed by atoms with Crippen LogP contribution in [0.5, 0.6) is 0 Å². The highest BCUT2D eigenvalue weighted by atomic mass is 19.1. The molecule has 0 aromatic heterocycles. The second-order valence-corrected chi connectivity index (χ2v) is 3.64. The number of aliphatic hydroxyl groups excluding tert-OH is 1. The smallest absolute Gasteiger partial charge is 0.129 e. The predicted molar refractivity (Wildman–Crippen MR) is 58.6 cm³/mol.